The van der Waals surface area contributed by atoms with Crippen LogP contribution in [-0.2, 0) is 9.59 Å². The maximum Gasteiger partial charge on any atom is 0.228 e. The van der Waals surface area contributed by atoms with E-state index in [1.165, 1.54) is 0 Å². The first-order valence-electron chi connectivity index (χ1n) is 7.95. The molecule has 0 bridgehead atoms. The molecule has 0 radical (unpaired) electrons. The summed E-state index contributed by atoms with van der Waals surface area (Å²) in [5.74, 6) is 1.05. The smallest absolute Gasteiger partial charge is 0.228 e. The third-order valence-corrected chi connectivity index (χ3v) is 4.57. The maximum absolute atomic E-state index is 12.5. The van der Waals surface area contributed by atoms with E-state index >= 15 is 0 Å². The van der Waals surface area contributed by atoms with E-state index in [0.29, 0.717) is 23.7 Å². The van der Waals surface area contributed by atoms with Gasteiger partial charge in [0, 0.05) is 32.1 Å². The molecule has 3 rings (SSSR count). The van der Waals surface area contributed by atoms with Crippen LogP contribution in [0.3, 0.4) is 0 Å². The van der Waals surface area contributed by atoms with Crippen LogP contribution in [0, 0.1) is 5.92 Å². The number of likely N-dealkylation sites (tertiary alicyclic amines) is 1. The first kappa shape index (κ1) is 15.6. The minimum Gasteiger partial charge on any atom is -0.497 e. The van der Waals surface area contributed by atoms with Gasteiger partial charge in [-0.3, -0.25) is 9.59 Å². The van der Waals surface area contributed by atoms with Crippen LogP contribution in [0.2, 0.25) is 0 Å². The van der Waals surface area contributed by atoms with Crippen LogP contribution in [0.4, 0.5) is 5.69 Å². The number of carbonyl (C=O) groups excluding carboxylic acids is 2. The van der Waals surface area contributed by atoms with Crippen LogP contribution >= 0.6 is 0 Å². The normalized spacial score (nSPS) is 21.0. The van der Waals surface area contributed by atoms with E-state index in [4.69, 9.17) is 9.47 Å². The first-order valence-corrected chi connectivity index (χ1v) is 7.95. The molecule has 0 unspecified atom stereocenters. The number of nitrogens with zero attached hydrogens (tertiary/aromatic N) is 2. The third kappa shape index (κ3) is 2.98. The Hall–Kier alpha value is -2.24. The molecule has 2 aliphatic rings. The van der Waals surface area contributed by atoms with Crippen LogP contribution in [-0.4, -0.2) is 50.6 Å². The Kier molecular flexibility index (Phi) is 4.41. The van der Waals surface area contributed by atoms with Crippen LogP contribution in [0.1, 0.15) is 19.3 Å². The molecule has 6 nitrogen and oxygen atoms in total. The number of ether oxygens (including phenoxy) is 2. The Labute approximate surface area is 136 Å². The number of hydrogen-bond acceptors (Lipinski definition) is 4. The molecule has 2 aliphatic heterocycles. The van der Waals surface area contributed by atoms with E-state index in [-0.39, 0.29) is 24.2 Å². The second kappa shape index (κ2) is 6.48. The Balaban J connectivity index is 1.78. The van der Waals surface area contributed by atoms with Crippen molar-refractivity contribution in [3.63, 3.8) is 0 Å². The van der Waals surface area contributed by atoms with E-state index in [9.17, 15) is 9.59 Å². The number of amides is 2. The van der Waals surface area contributed by atoms with Crippen molar-refractivity contribution in [3.8, 4) is 11.5 Å². The zero-order valence-electron chi connectivity index (χ0n) is 13.6. The van der Waals surface area contributed by atoms with Crippen molar-refractivity contribution in [2.75, 3.05) is 38.8 Å². The van der Waals surface area contributed by atoms with E-state index in [1.807, 2.05) is 4.90 Å². The molecule has 0 saturated carbocycles. The summed E-state index contributed by atoms with van der Waals surface area (Å²) >= 11 is 0. The van der Waals surface area contributed by atoms with E-state index in [1.54, 1.807) is 37.3 Å². The fourth-order valence-corrected chi connectivity index (χ4v) is 3.31. The maximum atomic E-state index is 12.5. The van der Waals surface area contributed by atoms with Gasteiger partial charge in [-0.05, 0) is 25.0 Å². The summed E-state index contributed by atoms with van der Waals surface area (Å²) in [6.07, 6.45) is 2.38. The summed E-state index contributed by atoms with van der Waals surface area (Å²) in [5, 5.41) is 0. The summed E-state index contributed by atoms with van der Waals surface area (Å²) in [6, 6.07) is 5.34. The van der Waals surface area contributed by atoms with Gasteiger partial charge in [0.2, 0.25) is 11.8 Å². The Bertz CT molecular complexity index is 611. The minimum atomic E-state index is -0.257. The predicted molar refractivity (Wildman–Crippen MR) is 85.8 cm³/mol. The van der Waals surface area contributed by atoms with Gasteiger partial charge >= 0.3 is 0 Å². The summed E-state index contributed by atoms with van der Waals surface area (Å²) in [4.78, 5) is 28.4. The zero-order chi connectivity index (χ0) is 16.4. The van der Waals surface area contributed by atoms with Gasteiger partial charge in [0.25, 0.3) is 0 Å². The van der Waals surface area contributed by atoms with Gasteiger partial charge in [-0.15, -0.1) is 0 Å². The summed E-state index contributed by atoms with van der Waals surface area (Å²) in [6.45, 7) is 2.04. The quantitative estimate of drug-likeness (QED) is 0.847. The third-order valence-electron chi connectivity index (χ3n) is 4.57. The van der Waals surface area contributed by atoms with E-state index in [0.717, 1.165) is 25.9 Å². The summed E-state index contributed by atoms with van der Waals surface area (Å²) in [7, 11) is 3.14. The lowest BCUT2D eigenvalue weighted by molar-refractivity contribution is -0.134. The average molecular weight is 318 g/mol. The Morgan fingerprint density at radius 3 is 2.57 bits per heavy atom. The van der Waals surface area contributed by atoms with Gasteiger partial charge in [-0.2, -0.15) is 0 Å². The van der Waals surface area contributed by atoms with Gasteiger partial charge in [0.15, 0.2) is 0 Å². The highest BCUT2D eigenvalue weighted by molar-refractivity contribution is 6.01. The lowest BCUT2D eigenvalue weighted by atomic mass is 10.1. The molecule has 1 aromatic carbocycles. The van der Waals surface area contributed by atoms with E-state index in [2.05, 4.69) is 0 Å². The molecule has 0 spiro atoms. The van der Waals surface area contributed by atoms with Crippen LogP contribution in [0.25, 0.3) is 0 Å². The lowest BCUT2D eigenvalue weighted by Crippen LogP contribution is -2.35. The predicted octanol–water partition coefficient (Wildman–Crippen LogP) is 1.68. The fourth-order valence-electron chi connectivity index (χ4n) is 3.31. The molecular weight excluding hydrogens is 296 g/mol. The molecule has 124 valence electrons. The number of rotatable bonds is 4. The van der Waals surface area contributed by atoms with Crippen LogP contribution in [0.15, 0.2) is 18.2 Å². The average Bonchev–Trinajstić information content (AvgIpc) is 3.23. The van der Waals surface area contributed by atoms with Crippen molar-refractivity contribution in [1.82, 2.24) is 4.90 Å². The fraction of sp³-hybridized carbons (Fsp3) is 0.529. The van der Waals surface area contributed by atoms with E-state index < -0.39 is 0 Å². The van der Waals surface area contributed by atoms with Crippen molar-refractivity contribution < 1.29 is 19.1 Å². The summed E-state index contributed by atoms with van der Waals surface area (Å²) < 4.78 is 10.6. The van der Waals surface area contributed by atoms with Gasteiger partial charge < -0.3 is 19.3 Å². The largest absolute Gasteiger partial charge is 0.497 e. The molecule has 0 aromatic heterocycles. The molecule has 0 N–H and O–H groups in total. The van der Waals surface area contributed by atoms with Crippen molar-refractivity contribution in [2.24, 2.45) is 5.92 Å². The van der Waals surface area contributed by atoms with Gasteiger partial charge in [-0.1, -0.05) is 0 Å². The van der Waals surface area contributed by atoms with Gasteiger partial charge in [0.1, 0.15) is 11.5 Å². The van der Waals surface area contributed by atoms with Gasteiger partial charge in [0.05, 0.1) is 25.8 Å². The highest BCUT2D eigenvalue weighted by Crippen LogP contribution is 2.36. The zero-order valence-corrected chi connectivity index (χ0v) is 13.6. The number of benzene rings is 1. The second-order valence-electron chi connectivity index (χ2n) is 5.98. The highest BCUT2D eigenvalue weighted by atomic mass is 16.5. The minimum absolute atomic E-state index is 0.0361. The van der Waals surface area contributed by atoms with Gasteiger partial charge in [-0.25, -0.2) is 0 Å². The second-order valence-corrected chi connectivity index (χ2v) is 5.98. The molecule has 23 heavy (non-hydrogen) atoms. The number of anilines is 1. The molecule has 2 amide bonds. The Morgan fingerprint density at radius 1 is 1.17 bits per heavy atom. The van der Waals surface area contributed by atoms with Crippen molar-refractivity contribution >= 4 is 17.5 Å². The lowest BCUT2D eigenvalue weighted by Gasteiger charge is -2.22. The Morgan fingerprint density at radius 2 is 1.91 bits per heavy atom. The molecular formula is C17H22N2O4. The topological polar surface area (TPSA) is 59.1 Å². The molecule has 6 heteroatoms. The SMILES string of the molecule is COc1ccc(N2C[C@@H](C(=O)N3CCCC3)CC2=O)c(OC)c1. The standard InChI is InChI=1S/C17H22N2O4/c1-22-13-5-6-14(15(10-13)23-2)19-11-12(9-16(19)20)17(21)18-7-3-4-8-18/h5-6,10,12H,3-4,7-9,11H2,1-2H3/t12-/m0/s1. The van der Waals surface area contributed by atoms with Crippen molar-refractivity contribution in [1.29, 1.82) is 0 Å². The number of carbonyl (C=O) groups is 2. The first-order chi connectivity index (χ1) is 11.1. The molecule has 1 aromatic rings. The number of methoxy groups -OCH3 is 2. The molecule has 2 heterocycles. The van der Waals surface area contributed by atoms with Crippen molar-refractivity contribution in [2.45, 2.75) is 19.3 Å². The van der Waals surface area contributed by atoms with Crippen molar-refractivity contribution in [3.05, 3.63) is 18.2 Å². The summed E-state index contributed by atoms with van der Waals surface area (Å²) in [5.41, 5.74) is 0.690. The molecule has 2 saturated heterocycles. The van der Waals surface area contributed by atoms with Crippen LogP contribution < -0.4 is 14.4 Å². The number of hydrogen-bond donors (Lipinski definition) is 0. The highest BCUT2D eigenvalue weighted by Gasteiger charge is 2.38. The molecule has 0 aliphatic carbocycles. The molecule has 2 fully saturated rings. The van der Waals surface area contributed by atoms with Crippen LogP contribution in [0.5, 0.6) is 11.5 Å². The molecule has 1 atom stereocenters. The monoisotopic (exact) mass is 318 g/mol.